The minimum absolute atomic E-state index is 0.00768. The fourth-order valence-corrected chi connectivity index (χ4v) is 2.30. The van der Waals surface area contributed by atoms with Crippen LogP contribution >= 0.6 is 11.6 Å². The van der Waals surface area contributed by atoms with E-state index in [0.717, 1.165) is 18.4 Å². The second-order valence-electron chi connectivity index (χ2n) is 4.66. The van der Waals surface area contributed by atoms with E-state index in [9.17, 15) is 4.79 Å². The minimum Gasteiger partial charge on any atom is -0.339 e. The molecule has 0 atom stereocenters. The van der Waals surface area contributed by atoms with Crippen molar-refractivity contribution in [3.63, 3.8) is 0 Å². The van der Waals surface area contributed by atoms with Gasteiger partial charge in [-0.25, -0.2) is 0 Å². The molecule has 1 heterocycles. The van der Waals surface area contributed by atoms with E-state index in [4.69, 9.17) is 16.9 Å². The second kappa shape index (κ2) is 5.41. The summed E-state index contributed by atoms with van der Waals surface area (Å²) in [7, 11) is 0. The van der Waals surface area contributed by atoms with Gasteiger partial charge in [0.05, 0.1) is 6.07 Å². The van der Waals surface area contributed by atoms with E-state index in [0.29, 0.717) is 23.7 Å². The molecule has 0 spiro atoms. The van der Waals surface area contributed by atoms with Crippen LogP contribution < -0.4 is 0 Å². The molecular weight excluding hydrogens is 248 g/mol. The lowest BCUT2D eigenvalue weighted by atomic mass is 9.98. The predicted octanol–water partition coefficient (Wildman–Crippen LogP) is 3.02. The first kappa shape index (κ1) is 12.9. The molecule has 1 aromatic carbocycles. The summed E-state index contributed by atoms with van der Waals surface area (Å²) in [6, 6.07) is 7.64. The van der Waals surface area contributed by atoms with Crippen molar-refractivity contribution in [2.75, 3.05) is 13.1 Å². The molecule has 0 saturated carbocycles. The van der Waals surface area contributed by atoms with Crippen LogP contribution in [-0.4, -0.2) is 23.9 Å². The number of piperidine rings is 1. The number of carbonyl (C=O) groups excluding carboxylic acids is 1. The molecule has 0 bridgehead atoms. The summed E-state index contributed by atoms with van der Waals surface area (Å²) >= 11 is 6.03. The molecule has 18 heavy (non-hydrogen) atoms. The number of nitrogens with zero attached hydrogens (tertiary/aromatic N) is 2. The lowest BCUT2D eigenvalue weighted by molar-refractivity contribution is 0.0707. The summed E-state index contributed by atoms with van der Waals surface area (Å²) in [5, 5.41) is 9.45. The van der Waals surface area contributed by atoms with E-state index in [-0.39, 0.29) is 11.8 Å². The highest BCUT2D eigenvalue weighted by atomic mass is 35.5. The number of aryl methyl sites for hydroxylation is 1. The Morgan fingerprint density at radius 2 is 2.11 bits per heavy atom. The van der Waals surface area contributed by atoms with Gasteiger partial charge >= 0.3 is 0 Å². The zero-order valence-corrected chi connectivity index (χ0v) is 11.1. The van der Waals surface area contributed by atoms with Crippen molar-refractivity contribution in [2.24, 2.45) is 5.92 Å². The third-order valence-corrected chi connectivity index (χ3v) is 3.79. The van der Waals surface area contributed by atoms with Gasteiger partial charge in [-0.1, -0.05) is 17.7 Å². The number of amides is 1. The van der Waals surface area contributed by atoms with Gasteiger partial charge in [-0.3, -0.25) is 4.79 Å². The highest BCUT2D eigenvalue weighted by Gasteiger charge is 2.23. The first-order valence-electron chi connectivity index (χ1n) is 6.07. The molecule has 1 aliphatic rings. The van der Waals surface area contributed by atoms with Crippen LogP contribution in [-0.2, 0) is 0 Å². The van der Waals surface area contributed by atoms with Gasteiger partial charge in [0.2, 0.25) is 0 Å². The average Bonchev–Trinajstić information content (AvgIpc) is 2.41. The number of benzene rings is 1. The van der Waals surface area contributed by atoms with Crippen molar-refractivity contribution < 1.29 is 4.79 Å². The maximum Gasteiger partial charge on any atom is 0.253 e. The maximum atomic E-state index is 12.2. The summed E-state index contributed by atoms with van der Waals surface area (Å²) in [6.45, 7) is 3.22. The molecule has 1 saturated heterocycles. The second-order valence-corrected chi connectivity index (χ2v) is 5.07. The third-order valence-electron chi connectivity index (χ3n) is 3.38. The van der Waals surface area contributed by atoms with E-state index in [1.54, 1.807) is 17.0 Å². The molecular formula is C14H15ClN2O. The molecule has 3 nitrogen and oxygen atoms in total. The number of rotatable bonds is 1. The van der Waals surface area contributed by atoms with Crippen molar-refractivity contribution in [2.45, 2.75) is 19.8 Å². The molecule has 4 heteroatoms. The van der Waals surface area contributed by atoms with Gasteiger partial charge in [0, 0.05) is 29.6 Å². The molecule has 0 radical (unpaired) electrons. The fourth-order valence-electron chi connectivity index (χ4n) is 2.12. The quantitative estimate of drug-likeness (QED) is 0.781. The lowest BCUT2D eigenvalue weighted by Crippen LogP contribution is -2.38. The number of nitriles is 1. The molecule has 1 aromatic rings. The lowest BCUT2D eigenvalue weighted by Gasteiger charge is -2.29. The number of carbonyl (C=O) groups is 1. The molecule has 0 N–H and O–H groups in total. The van der Waals surface area contributed by atoms with Gasteiger partial charge in [-0.2, -0.15) is 5.26 Å². The number of likely N-dealkylation sites (tertiary alicyclic amines) is 1. The van der Waals surface area contributed by atoms with E-state index >= 15 is 0 Å². The van der Waals surface area contributed by atoms with Gasteiger partial charge in [-0.05, 0) is 37.5 Å². The van der Waals surface area contributed by atoms with Crippen LogP contribution in [0.15, 0.2) is 18.2 Å². The van der Waals surface area contributed by atoms with Gasteiger partial charge in [-0.15, -0.1) is 0 Å². The smallest absolute Gasteiger partial charge is 0.253 e. The molecule has 2 rings (SSSR count). The van der Waals surface area contributed by atoms with Crippen molar-refractivity contribution in [1.29, 1.82) is 5.26 Å². The molecule has 1 fully saturated rings. The van der Waals surface area contributed by atoms with Crippen molar-refractivity contribution in [1.82, 2.24) is 4.90 Å². The average molecular weight is 263 g/mol. The fraction of sp³-hybridized carbons (Fsp3) is 0.429. The van der Waals surface area contributed by atoms with Crippen LogP contribution in [0.2, 0.25) is 5.02 Å². The minimum atomic E-state index is 0.00768. The summed E-state index contributed by atoms with van der Waals surface area (Å²) < 4.78 is 0. The van der Waals surface area contributed by atoms with Crippen LogP contribution in [0.1, 0.15) is 28.8 Å². The topological polar surface area (TPSA) is 44.1 Å². The van der Waals surface area contributed by atoms with E-state index < -0.39 is 0 Å². The van der Waals surface area contributed by atoms with Crippen LogP contribution in [0, 0.1) is 24.2 Å². The van der Waals surface area contributed by atoms with Gasteiger partial charge < -0.3 is 4.90 Å². The number of hydrogen-bond acceptors (Lipinski definition) is 2. The Morgan fingerprint density at radius 3 is 2.67 bits per heavy atom. The molecule has 94 valence electrons. The third kappa shape index (κ3) is 2.65. The van der Waals surface area contributed by atoms with Crippen LogP contribution in [0.5, 0.6) is 0 Å². The summed E-state index contributed by atoms with van der Waals surface area (Å²) in [5.74, 6) is 0.101. The number of hydrogen-bond donors (Lipinski definition) is 0. The molecule has 0 unspecified atom stereocenters. The molecule has 1 amide bonds. The van der Waals surface area contributed by atoms with Crippen molar-refractivity contribution >= 4 is 17.5 Å². The Morgan fingerprint density at radius 1 is 1.44 bits per heavy atom. The zero-order chi connectivity index (χ0) is 13.1. The van der Waals surface area contributed by atoms with Crippen molar-refractivity contribution in [3.8, 4) is 6.07 Å². The predicted molar refractivity (Wildman–Crippen MR) is 70.4 cm³/mol. The van der Waals surface area contributed by atoms with E-state index in [1.165, 1.54) is 0 Å². The molecule has 0 aromatic heterocycles. The molecule has 0 aliphatic carbocycles. The highest BCUT2D eigenvalue weighted by molar-refractivity contribution is 6.31. The SMILES string of the molecule is Cc1ccc(C(=O)N2CCC(C#N)CC2)cc1Cl. The Kier molecular flexibility index (Phi) is 3.88. The first-order chi connectivity index (χ1) is 8.61. The number of halogens is 1. The van der Waals surface area contributed by atoms with Gasteiger partial charge in [0.1, 0.15) is 0 Å². The Bertz CT molecular complexity index is 499. The summed E-state index contributed by atoms with van der Waals surface area (Å²) in [6.07, 6.45) is 1.53. The Hall–Kier alpha value is -1.53. The standard InChI is InChI=1S/C14H15ClN2O/c1-10-2-3-12(8-13(10)15)14(18)17-6-4-11(9-16)5-7-17/h2-3,8,11H,4-7H2,1H3. The largest absolute Gasteiger partial charge is 0.339 e. The van der Waals surface area contributed by atoms with Crippen LogP contribution in [0.25, 0.3) is 0 Å². The Labute approximate surface area is 112 Å². The van der Waals surface area contributed by atoms with Gasteiger partial charge in [0.15, 0.2) is 0 Å². The highest BCUT2D eigenvalue weighted by Crippen LogP contribution is 2.21. The maximum absolute atomic E-state index is 12.2. The zero-order valence-electron chi connectivity index (χ0n) is 10.3. The first-order valence-corrected chi connectivity index (χ1v) is 6.44. The van der Waals surface area contributed by atoms with E-state index in [1.807, 2.05) is 13.0 Å². The normalized spacial score (nSPS) is 16.4. The van der Waals surface area contributed by atoms with Crippen LogP contribution in [0.4, 0.5) is 0 Å². The summed E-state index contributed by atoms with van der Waals surface area (Å²) in [5.41, 5.74) is 1.59. The van der Waals surface area contributed by atoms with E-state index in [2.05, 4.69) is 6.07 Å². The Balaban J connectivity index is 2.08. The monoisotopic (exact) mass is 262 g/mol. The van der Waals surface area contributed by atoms with Gasteiger partial charge in [0.25, 0.3) is 5.91 Å². The molecule has 1 aliphatic heterocycles. The van der Waals surface area contributed by atoms with Crippen molar-refractivity contribution in [3.05, 3.63) is 34.3 Å². The summed E-state index contributed by atoms with van der Waals surface area (Å²) in [4.78, 5) is 14.0. The van der Waals surface area contributed by atoms with Crippen LogP contribution in [0.3, 0.4) is 0 Å².